The molecule has 26 heavy (non-hydrogen) atoms. The standard InChI is InChI=1S/C19H24N4O.2ClH/c1-15-17(7-8-18(22-15)16-5-3-2-4-6-16)19(24)21-11-14-23-12-9-20-10-13-23;;/h2-8,20H,9-14H2,1H3,(H,21,24);2*1H. The fraction of sp³-hybridized carbons (Fsp3) is 0.368. The van der Waals surface area contributed by atoms with Gasteiger partial charge in [-0.1, -0.05) is 30.3 Å². The monoisotopic (exact) mass is 396 g/mol. The predicted molar refractivity (Wildman–Crippen MR) is 111 cm³/mol. The third-order valence-corrected chi connectivity index (χ3v) is 4.32. The fourth-order valence-electron chi connectivity index (χ4n) is 2.93. The van der Waals surface area contributed by atoms with E-state index < -0.39 is 0 Å². The number of benzene rings is 1. The smallest absolute Gasteiger partial charge is 0.253 e. The van der Waals surface area contributed by atoms with E-state index in [-0.39, 0.29) is 30.7 Å². The topological polar surface area (TPSA) is 57.3 Å². The summed E-state index contributed by atoms with van der Waals surface area (Å²) in [6.07, 6.45) is 0. The number of carbonyl (C=O) groups excluding carboxylic acids is 1. The Morgan fingerprint density at radius 1 is 1.12 bits per heavy atom. The van der Waals surface area contributed by atoms with Crippen molar-refractivity contribution in [3.63, 3.8) is 0 Å². The number of piperazine rings is 1. The minimum absolute atomic E-state index is 0. The molecule has 0 spiro atoms. The van der Waals surface area contributed by atoms with Gasteiger partial charge in [-0.15, -0.1) is 24.8 Å². The van der Waals surface area contributed by atoms with Gasteiger partial charge in [0.1, 0.15) is 0 Å². The predicted octanol–water partition coefficient (Wildman–Crippen LogP) is 2.54. The van der Waals surface area contributed by atoms with Crippen LogP contribution in [0.5, 0.6) is 0 Å². The number of amides is 1. The van der Waals surface area contributed by atoms with Crippen molar-refractivity contribution in [1.82, 2.24) is 20.5 Å². The second kappa shape index (κ2) is 11.1. The van der Waals surface area contributed by atoms with E-state index in [2.05, 4.69) is 20.5 Å². The quantitative estimate of drug-likeness (QED) is 0.814. The Bertz CT molecular complexity index is 691. The molecule has 1 amide bonds. The molecule has 1 aromatic carbocycles. The lowest BCUT2D eigenvalue weighted by Gasteiger charge is -2.27. The average Bonchev–Trinajstić information content (AvgIpc) is 2.63. The lowest BCUT2D eigenvalue weighted by molar-refractivity contribution is 0.0946. The molecule has 0 radical (unpaired) electrons. The summed E-state index contributed by atoms with van der Waals surface area (Å²) in [4.78, 5) is 19.3. The van der Waals surface area contributed by atoms with Gasteiger partial charge < -0.3 is 10.6 Å². The van der Waals surface area contributed by atoms with Gasteiger partial charge >= 0.3 is 0 Å². The van der Waals surface area contributed by atoms with E-state index in [1.165, 1.54) is 0 Å². The molecule has 1 saturated heterocycles. The first-order chi connectivity index (χ1) is 11.7. The van der Waals surface area contributed by atoms with E-state index in [4.69, 9.17) is 0 Å². The maximum absolute atomic E-state index is 12.4. The van der Waals surface area contributed by atoms with Crippen LogP contribution in [0.4, 0.5) is 0 Å². The van der Waals surface area contributed by atoms with Crippen molar-refractivity contribution in [3.8, 4) is 11.3 Å². The zero-order valence-electron chi connectivity index (χ0n) is 14.9. The number of nitrogens with one attached hydrogen (secondary N) is 2. The summed E-state index contributed by atoms with van der Waals surface area (Å²) in [6, 6.07) is 13.8. The van der Waals surface area contributed by atoms with Gasteiger partial charge in [-0.2, -0.15) is 0 Å². The van der Waals surface area contributed by atoms with Crippen molar-refractivity contribution < 1.29 is 4.79 Å². The molecule has 1 aliphatic rings. The molecule has 2 heterocycles. The summed E-state index contributed by atoms with van der Waals surface area (Å²) < 4.78 is 0. The number of hydrogen-bond donors (Lipinski definition) is 2. The zero-order chi connectivity index (χ0) is 16.8. The molecular formula is C19H26Cl2N4O. The average molecular weight is 397 g/mol. The van der Waals surface area contributed by atoms with Crippen LogP contribution in [0.3, 0.4) is 0 Å². The molecule has 3 rings (SSSR count). The van der Waals surface area contributed by atoms with Crippen LogP contribution in [0.1, 0.15) is 16.1 Å². The summed E-state index contributed by atoms with van der Waals surface area (Å²) >= 11 is 0. The molecule has 0 aliphatic carbocycles. The van der Waals surface area contributed by atoms with E-state index in [0.717, 1.165) is 49.7 Å². The van der Waals surface area contributed by atoms with Gasteiger partial charge in [0.25, 0.3) is 5.91 Å². The van der Waals surface area contributed by atoms with Gasteiger partial charge in [-0.3, -0.25) is 14.7 Å². The molecule has 5 nitrogen and oxygen atoms in total. The second-order valence-electron chi connectivity index (χ2n) is 6.04. The Morgan fingerprint density at radius 2 is 1.81 bits per heavy atom. The van der Waals surface area contributed by atoms with Crippen LogP contribution in [0.25, 0.3) is 11.3 Å². The minimum atomic E-state index is -0.0465. The summed E-state index contributed by atoms with van der Waals surface area (Å²) in [5, 5.41) is 6.33. The van der Waals surface area contributed by atoms with Gasteiger partial charge in [-0.05, 0) is 19.1 Å². The number of rotatable bonds is 5. The first kappa shape index (κ1) is 22.4. The highest BCUT2D eigenvalue weighted by atomic mass is 35.5. The lowest BCUT2D eigenvalue weighted by atomic mass is 10.1. The Hall–Kier alpha value is -1.66. The van der Waals surface area contributed by atoms with Gasteiger partial charge in [0.2, 0.25) is 0 Å². The van der Waals surface area contributed by atoms with Crippen molar-refractivity contribution >= 4 is 30.7 Å². The highest BCUT2D eigenvalue weighted by Gasteiger charge is 2.13. The van der Waals surface area contributed by atoms with Crippen LogP contribution in [0, 0.1) is 6.92 Å². The molecule has 142 valence electrons. The number of nitrogens with zero attached hydrogens (tertiary/aromatic N) is 2. The number of halogens is 2. The molecule has 0 saturated carbocycles. The Balaban J connectivity index is 0.00000169. The number of pyridine rings is 1. The SMILES string of the molecule is Cc1nc(-c2ccccc2)ccc1C(=O)NCCN1CCNCC1.Cl.Cl. The van der Waals surface area contributed by atoms with Crippen LogP contribution in [0.15, 0.2) is 42.5 Å². The van der Waals surface area contributed by atoms with Crippen LogP contribution in [0.2, 0.25) is 0 Å². The molecular weight excluding hydrogens is 371 g/mol. The number of aryl methyl sites for hydroxylation is 1. The molecule has 1 aliphatic heterocycles. The van der Waals surface area contributed by atoms with E-state index in [1.807, 2.05) is 49.4 Å². The number of aromatic nitrogens is 1. The van der Waals surface area contributed by atoms with Crippen LogP contribution >= 0.6 is 24.8 Å². The summed E-state index contributed by atoms with van der Waals surface area (Å²) in [5.41, 5.74) is 3.36. The van der Waals surface area contributed by atoms with Crippen molar-refractivity contribution in [2.24, 2.45) is 0 Å². The van der Waals surface area contributed by atoms with Crippen molar-refractivity contribution in [1.29, 1.82) is 0 Å². The van der Waals surface area contributed by atoms with Crippen molar-refractivity contribution in [2.75, 3.05) is 39.3 Å². The van der Waals surface area contributed by atoms with Crippen LogP contribution < -0.4 is 10.6 Å². The van der Waals surface area contributed by atoms with E-state index in [1.54, 1.807) is 0 Å². The molecule has 0 unspecified atom stereocenters. The summed E-state index contributed by atoms with van der Waals surface area (Å²) in [7, 11) is 0. The number of hydrogen-bond acceptors (Lipinski definition) is 4. The van der Waals surface area contributed by atoms with Gasteiger partial charge in [-0.25, -0.2) is 0 Å². The first-order valence-corrected chi connectivity index (χ1v) is 8.48. The fourth-order valence-corrected chi connectivity index (χ4v) is 2.93. The first-order valence-electron chi connectivity index (χ1n) is 8.48. The molecule has 7 heteroatoms. The maximum atomic E-state index is 12.4. The van der Waals surface area contributed by atoms with Crippen LogP contribution in [-0.4, -0.2) is 55.1 Å². The molecule has 2 N–H and O–H groups in total. The maximum Gasteiger partial charge on any atom is 0.253 e. The number of carbonyl (C=O) groups is 1. The molecule has 1 aromatic heterocycles. The molecule has 0 bridgehead atoms. The summed E-state index contributed by atoms with van der Waals surface area (Å²) in [5.74, 6) is -0.0465. The highest BCUT2D eigenvalue weighted by molar-refractivity contribution is 5.95. The summed E-state index contributed by atoms with van der Waals surface area (Å²) in [6.45, 7) is 7.58. The molecule has 1 fully saturated rings. The van der Waals surface area contributed by atoms with E-state index in [9.17, 15) is 4.79 Å². The normalized spacial score (nSPS) is 14.0. The van der Waals surface area contributed by atoms with Gasteiger partial charge in [0, 0.05) is 44.8 Å². The lowest BCUT2D eigenvalue weighted by Crippen LogP contribution is -2.46. The Morgan fingerprint density at radius 3 is 2.46 bits per heavy atom. The van der Waals surface area contributed by atoms with Gasteiger partial charge in [0.05, 0.1) is 17.0 Å². The largest absolute Gasteiger partial charge is 0.351 e. The van der Waals surface area contributed by atoms with E-state index in [0.29, 0.717) is 12.1 Å². The Labute approximate surface area is 167 Å². The molecule has 2 aromatic rings. The minimum Gasteiger partial charge on any atom is -0.351 e. The van der Waals surface area contributed by atoms with Crippen LogP contribution in [-0.2, 0) is 0 Å². The van der Waals surface area contributed by atoms with E-state index >= 15 is 0 Å². The third-order valence-electron chi connectivity index (χ3n) is 4.32. The third kappa shape index (κ3) is 5.95. The Kier molecular flexibility index (Phi) is 9.59. The van der Waals surface area contributed by atoms with Crippen molar-refractivity contribution in [2.45, 2.75) is 6.92 Å². The highest BCUT2D eigenvalue weighted by Crippen LogP contribution is 2.18. The second-order valence-corrected chi connectivity index (χ2v) is 6.04. The van der Waals surface area contributed by atoms with Gasteiger partial charge in [0.15, 0.2) is 0 Å². The van der Waals surface area contributed by atoms with Crippen molar-refractivity contribution in [3.05, 3.63) is 53.7 Å². The molecule has 0 atom stereocenters. The zero-order valence-corrected chi connectivity index (χ0v) is 16.5.